The van der Waals surface area contributed by atoms with Gasteiger partial charge in [0.05, 0.1) is 11.0 Å². The van der Waals surface area contributed by atoms with Crippen LogP contribution < -0.4 is 10.8 Å². The number of nitrogens with zero attached hydrogens (tertiary/aromatic N) is 4. The van der Waals surface area contributed by atoms with Crippen LogP contribution in [0.2, 0.25) is 0 Å². The summed E-state index contributed by atoms with van der Waals surface area (Å²) in [6, 6.07) is 15.3. The topological polar surface area (TPSA) is 62.5 Å². The van der Waals surface area contributed by atoms with E-state index in [1.807, 2.05) is 0 Å². The molecule has 0 bridgehead atoms. The predicted octanol–water partition coefficient (Wildman–Crippen LogP) is 3.60. The van der Waals surface area contributed by atoms with E-state index in [0.717, 1.165) is 37.1 Å². The fourth-order valence-corrected chi connectivity index (χ4v) is 4.69. The molecule has 1 saturated heterocycles. The summed E-state index contributed by atoms with van der Waals surface area (Å²) in [7, 11) is 3.39. The minimum absolute atomic E-state index is 0.204. The minimum Gasteiger partial charge on any atom is -0.354 e. The van der Waals surface area contributed by atoms with Gasteiger partial charge >= 0.3 is 0 Å². The molecule has 3 aromatic rings. The van der Waals surface area contributed by atoms with E-state index in [1.165, 1.54) is 29.5 Å². The number of fused-ring (bicyclic) bond motifs is 1. The lowest BCUT2D eigenvalue weighted by Crippen LogP contribution is -2.44. The minimum atomic E-state index is -0.204. The second-order valence-electron chi connectivity index (χ2n) is 8.73. The first-order chi connectivity index (χ1) is 15.5. The van der Waals surface area contributed by atoms with E-state index >= 15 is 0 Å². The van der Waals surface area contributed by atoms with Crippen molar-refractivity contribution in [3.05, 3.63) is 70.3 Å². The zero-order valence-electron chi connectivity index (χ0n) is 19.6. The molecule has 2 heterocycles. The molecule has 0 radical (unpaired) electrons. The van der Waals surface area contributed by atoms with Crippen LogP contribution >= 0.6 is 0 Å². The van der Waals surface area contributed by atoms with Crippen molar-refractivity contribution in [2.24, 2.45) is 4.99 Å². The third kappa shape index (κ3) is 4.46. The lowest BCUT2D eigenvalue weighted by atomic mass is 10.0. The Hall–Kier alpha value is -2.99. The average Bonchev–Trinajstić information content (AvgIpc) is 2.81. The predicted molar refractivity (Wildman–Crippen MR) is 129 cm³/mol. The third-order valence-corrected chi connectivity index (χ3v) is 6.61. The van der Waals surface area contributed by atoms with Gasteiger partial charge in [0, 0.05) is 33.2 Å². The second-order valence-corrected chi connectivity index (χ2v) is 8.73. The highest BCUT2D eigenvalue weighted by Gasteiger charge is 2.25. The summed E-state index contributed by atoms with van der Waals surface area (Å²) in [5.41, 5.74) is 6.62. The Morgan fingerprint density at radius 1 is 1.16 bits per heavy atom. The smallest absolute Gasteiger partial charge is 0.273 e. The number of aromatic nitrogens is 2. The summed E-state index contributed by atoms with van der Waals surface area (Å²) in [6.07, 6.45) is 3.57. The van der Waals surface area contributed by atoms with Crippen LogP contribution in [0.25, 0.3) is 11.0 Å². The Balaban J connectivity index is 1.81. The SMILES string of the molecule is CN=c1c(C(=O)NC)nc2cc(C)c(C)cc2n1CC1CCCCN1Cc1ccccc1. The first-order valence-corrected chi connectivity index (χ1v) is 11.5. The molecule has 0 aliphatic carbocycles. The highest BCUT2D eigenvalue weighted by Crippen LogP contribution is 2.23. The molecular formula is C26H33N5O. The van der Waals surface area contributed by atoms with E-state index < -0.39 is 0 Å². The van der Waals surface area contributed by atoms with Crippen LogP contribution in [-0.4, -0.2) is 47.0 Å². The molecule has 1 aliphatic heterocycles. The van der Waals surface area contributed by atoms with Crippen LogP contribution in [0.15, 0.2) is 47.5 Å². The fraction of sp³-hybridized carbons (Fsp3) is 0.423. The molecular weight excluding hydrogens is 398 g/mol. The number of likely N-dealkylation sites (tertiary alicyclic amines) is 1. The van der Waals surface area contributed by atoms with E-state index in [2.05, 4.69) is 76.1 Å². The van der Waals surface area contributed by atoms with Crippen molar-refractivity contribution in [3.63, 3.8) is 0 Å². The first kappa shape index (κ1) is 22.2. The molecule has 4 rings (SSSR count). The van der Waals surface area contributed by atoms with Gasteiger partial charge in [-0.15, -0.1) is 0 Å². The molecule has 6 nitrogen and oxygen atoms in total. The van der Waals surface area contributed by atoms with Gasteiger partial charge in [-0.2, -0.15) is 0 Å². The molecule has 1 N–H and O–H groups in total. The van der Waals surface area contributed by atoms with Gasteiger partial charge in [-0.05, 0) is 62.1 Å². The number of benzene rings is 2. The number of amides is 1. The Bertz CT molecular complexity index is 1180. The standard InChI is InChI=1S/C26H33N5O/c1-18-14-22-23(15-19(18)2)31(25(27-3)24(29-22)26(32)28-4)17-21-12-8-9-13-30(21)16-20-10-6-5-7-11-20/h5-7,10-11,14-15,21H,8-9,12-13,16-17H2,1-4H3,(H,28,32). The van der Waals surface area contributed by atoms with Gasteiger partial charge in [0.25, 0.3) is 5.91 Å². The van der Waals surface area contributed by atoms with Crippen LogP contribution in [0.1, 0.15) is 46.4 Å². The largest absolute Gasteiger partial charge is 0.354 e. The number of rotatable bonds is 5. The van der Waals surface area contributed by atoms with Gasteiger partial charge in [-0.3, -0.25) is 14.7 Å². The Morgan fingerprint density at radius 3 is 2.62 bits per heavy atom. The maximum atomic E-state index is 12.7. The van der Waals surface area contributed by atoms with Crippen molar-refractivity contribution in [1.29, 1.82) is 0 Å². The number of hydrogen-bond acceptors (Lipinski definition) is 4. The van der Waals surface area contributed by atoms with Gasteiger partial charge in [0.2, 0.25) is 0 Å². The molecule has 32 heavy (non-hydrogen) atoms. The number of carbonyl (C=O) groups excluding carboxylic acids is 1. The van der Waals surface area contributed by atoms with E-state index in [4.69, 9.17) is 4.98 Å². The summed E-state index contributed by atoms with van der Waals surface area (Å²) in [4.78, 5) is 24.5. The molecule has 1 aliphatic rings. The van der Waals surface area contributed by atoms with Gasteiger partial charge in [0.15, 0.2) is 11.2 Å². The van der Waals surface area contributed by atoms with Crippen LogP contribution in [0.5, 0.6) is 0 Å². The summed E-state index contributed by atoms with van der Waals surface area (Å²) in [5, 5.41) is 2.73. The van der Waals surface area contributed by atoms with E-state index in [1.54, 1.807) is 14.1 Å². The molecule has 6 heteroatoms. The van der Waals surface area contributed by atoms with E-state index in [-0.39, 0.29) is 5.91 Å². The van der Waals surface area contributed by atoms with Gasteiger partial charge in [-0.25, -0.2) is 4.98 Å². The molecule has 1 atom stereocenters. The normalized spacial score (nSPS) is 17.6. The third-order valence-electron chi connectivity index (χ3n) is 6.61. The summed E-state index contributed by atoms with van der Waals surface area (Å²) in [6.45, 7) is 7.01. The van der Waals surface area contributed by atoms with Gasteiger partial charge < -0.3 is 9.88 Å². The molecule has 0 saturated carbocycles. The van der Waals surface area contributed by atoms with Crippen LogP contribution in [0, 0.1) is 13.8 Å². The van der Waals surface area contributed by atoms with Crippen molar-refractivity contribution in [3.8, 4) is 0 Å². The summed E-state index contributed by atoms with van der Waals surface area (Å²) < 4.78 is 2.22. The molecule has 0 spiro atoms. The Labute approximate surface area is 190 Å². The fourth-order valence-electron chi connectivity index (χ4n) is 4.69. The van der Waals surface area contributed by atoms with Crippen LogP contribution in [0.4, 0.5) is 0 Å². The average molecular weight is 432 g/mol. The zero-order valence-corrected chi connectivity index (χ0v) is 19.6. The highest BCUT2D eigenvalue weighted by molar-refractivity contribution is 5.93. The molecule has 1 fully saturated rings. The van der Waals surface area contributed by atoms with Crippen molar-refractivity contribution in [1.82, 2.24) is 19.8 Å². The lowest BCUT2D eigenvalue weighted by molar-refractivity contribution is 0.0954. The number of hydrogen-bond donors (Lipinski definition) is 1. The summed E-state index contributed by atoms with van der Waals surface area (Å²) in [5.74, 6) is -0.204. The van der Waals surface area contributed by atoms with Crippen molar-refractivity contribution >= 4 is 16.9 Å². The molecule has 1 aromatic heterocycles. The molecule has 1 unspecified atom stereocenters. The maximum Gasteiger partial charge on any atom is 0.273 e. The second kappa shape index (κ2) is 9.65. The van der Waals surface area contributed by atoms with Crippen LogP contribution in [0.3, 0.4) is 0 Å². The van der Waals surface area contributed by atoms with E-state index in [9.17, 15) is 4.79 Å². The van der Waals surface area contributed by atoms with Crippen molar-refractivity contribution < 1.29 is 4.79 Å². The Kier molecular flexibility index (Phi) is 6.70. The van der Waals surface area contributed by atoms with Gasteiger partial charge in [-0.1, -0.05) is 36.8 Å². The van der Waals surface area contributed by atoms with Crippen LogP contribution in [-0.2, 0) is 13.1 Å². The number of carbonyl (C=O) groups is 1. The monoisotopic (exact) mass is 431 g/mol. The molecule has 168 valence electrons. The highest BCUT2D eigenvalue weighted by atomic mass is 16.1. The van der Waals surface area contributed by atoms with Crippen molar-refractivity contribution in [2.45, 2.75) is 52.2 Å². The van der Waals surface area contributed by atoms with Gasteiger partial charge in [0.1, 0.15) is 0 Å². The number of nitrogens with one attached hydrogen (secondary N) is 1. The zero-order chi connectivity index (χ0) is 22.7. The maximum absolute atomic E-state index is 12.7. The molecule has 2 aromatic carbocycles. The van der Waals surface area contributed by atoms with E-state index in [0.29, 0.717) is 17.2 Å². The first-order valence-electron chi connectivity index (χ1n) is 11.5. The Morgan fingerprint density at radius 2 is 1.91 bits per heavy atom. The summed E-state index contributed by atoms with van der Waals surface area (Å²) >= 11 is 0. The lowest BCUT2D eigenvalue weighted by Gasteiger charge is -2.36. The number of aryl methyl sites for hydroxylation is 2. The number of piperidine rings is 1. The molecule has 1 amide bonds. The van der Waals surface area contributed by atoms with Crippen molar-refractivity contribution in [2.75, 3.05) is 20.6 Å². The quantitative estimate of drug-likeness (QED) is 0.671.